The molecule has 2 aliphatic heterocycles. The molecule has 2 amide bonds. The van der Waals surface area contributed by atoms with Gasteiger partial charge in [0.2, 0.25) is 5.91 Å². The SMILES string of the molecule is COc1ccccc1CC(=O)OCC1=C(c2ccc(CCCO)cc2)C[C@@H]2CN(C(C)=O)C[C@H]1N2C(=O)O. The van der Waals surface area contributed by atoms with Crippen molar-refractivity contribution < 1.29 is 34.1 Å². The lowest BCUT2D eigenvalue weighted by Gasteiger charge is -2.50. The summed E-state index contributed by atoms with van der Waals surface area (Å²) in [6.07, 6.45) is 0.798. The Labute approximate surface area is 222 Å². The van der Waals surface area contributed by atoms with E-state index in [4.69, 9.17) is 14.6 Å². The highest BCUT2D eigenvalue weighted by Gasteiger charge is 2.45. The van der Waals surface area contributed by atoms with Gasteiger partial charge in [-0.05, 0) is 47.6 Å². The Morgan fingerprint density at radius 3 is 2.45 bits per heavy atom. The van der Waals surface area contributed by atoms with Gasteiger partial charge in [-0.25, -0.2) is 4.79 Å². The van der Waals surface area contributed by atoms with Crippen molar-refractivity contribution in [2.75, 3.05) is 33.4 Å². The zero-order valence-corrected chi connectivity index (χ0v) is 21.8. The van der Waals surface area contributed by atoms with E-state index in [1.54, 1.807) is 24.1 Å². The molecule has 0 saturated carbocycles. The average Bonchev–Trinajstić information content (AvgIpc) is 2.91. The molecule has 2 heterocycles. The summed E-state index contributed by atoms with van der Waals surface area (Å²) in [7, 11) is 1.54. The molecular weight excluding hydrogens is 488 g/mol. The molecule has 2 atom stereocenters. The number of aliphatic hydroxyl groups excluding tert-OH is 1. The summed E-state index contributed by atoms with van der Waals surface area (Å²) in [6, 6.07) is 14.2. The van der Waals surface area contributed by atoms with Crippen LogP contribution in [0.15, 0.2) is 54.1 Å². The summed E-state index contributed by atoms with van der Waals surface area (Å²) in [5.74, 6) is 0.0192. The van der Waals surface area contributed by atoms with Crippen LogP contribution < -0.4 is 4.74 Å². The quantitative estimate of drug-likeness (QED) is 0.486. The Bertz CT molecular complexity index is 1210. The molecule has 2 bridgehead atoms. The van der Waals surface area contributed by atoms with Gasteiger partial charge in [-0.15, -0.1) is 0 Å². The molecule has 2 aromatic carbocycles. The minimum absolute atomic E-state index is 0.0156. The molecule has 0 aromatic heterocycles. The number of fused-ring (bicyclic) bond motifs is 2. The Balaban J connectivity index is 1.65. The molecule has 38 heavy (non-hydrogen) atoms. The van der Waals surface area contributed by atoms with Crippen molar-refractivity contribution in [2.45, 2.75) is 44.7 Å². The van der Waals surface area contributed by atoms with E-state index in [0.29, 0.717) is 36.3 Å². The Hall–Kier alpha value is -3.85. The van der Waals surface area contributed by atoms with Crippen molar-refractivity contribution in [3.63, 3.8) is 0 Å². The monoisotopic (exact) mass is 522 g/mol. The number of aryl methyl sites for hydroxylation is 1. The van der Waals surface area contributed by atoms with E-state index >= 15 is 0 Å². The Kier molecular flexibility index (Phi) is 8.68. The topological polar surface area (TPSA) is 117 Å². The first-order chi connectivity index (χ1) is 18.3. The normalized spacial score (nSPS) is 18.8. The summed E-state index contributed by atoms with van der Waals surface area (Å²) in [4.78, 5) is 40.5. The van der Waals surface area contributed by atoms with Crippen molar-refractivity contribution in [1.82, 2.24) is 9.80 Å². The molecule has 2 aliphatic rings. The number of carbonyl (C=O) groups excluding carboxylic acids is 2. The van der Waals surface area contributed by atoms with Crippen LogP contribution >= 0.6 is 0 Å². The molecule has 0 spiro atoms. The molecule has 0 unspecified atom stereocenters. The van der Waals surface area contributed by atoms with Crippen LogP contribution in [0.1, 0.15) is 36.5 Å². The minimum Gasteiger partial charge on any atom is -0.496 e. The predicted molar refractivity (Wildman–Crippen MR) is 141 cm³/mol. The maximum Gasteiger partial charge on any atom is 0.408 e. The number of rotatable bonds is 9. The first-order valence-corrected chi connectivity index (χ1v) is 12.8. The molecule has 9 heteroatoms. The highest BCUT2D eigenvalue weighted by atomic mass is 16.5. The van der Waals surface area contributed by atoms with Gasteiger partial charge in [-0.2, -0.15) is 0 Å². The molecule has 4 rings (SSSR count). The molecule has 1 fully saturated rings. The lowest BCUT2D eigenvalue weighted by atomic mass is 9.82. The van der Waals surface area contributed by atoms with Gasteiger partial charge in [0.05, 0.1) is 25.6 Å². The van der Waals surface area contributed by atoms with Gasteiger partial charge >= 0.3 is 12.1 Å². The lowest BCUT2D eigenvalue weighted by molar-refractivity contribution is -0.142. The van der Waals surface area contributed by atoms with Crippen molar-refractivity contribution in [3.05, 3.63) is 70.8 Å². The molecule has 202 valence electrons. The van der Waals surface area contributed by atoms with Crippen molar-refractivity contribution in [3.8, 4) is 5.75 Å². The highest BCUT2D eigenvalue weighted by molar-refractivity contribution is 5.80. The fraction of sp³-hybridized carbons (Fsp3) is 0.414. The largest absolute Gasteiger partial charge is 0.496 e. The molecule has 2 aromatic rings. The number of aliphatic hydroxyl groups is 1. The van der Waals surface area contributed by atoms with Crippen LogP contribution in [0, 0.1) is 0 Å². The van der Waals surface area contributed by atoms with E-state index in [9.17, 15) is 19.5 Å². The van der Waals surface area contributed by atoms with Crippen molar-refractivity contribution >= 4 is 23.5 Å². The molecule has 9 nitrogen and oxygen atoms in total. The van der Waals surface area contributed by atoms with Crippen LogP contribution in [0.4, 0.5) is 4.79 Å². The van der Waals surface area contributed by atoms with Crippen molar-refractivity contribution in [1.29, 1.82) is 0 Å². The van der Waals surface area contributed by atoms with Crippen LogP contribution in [0.25, 0.3) is 5.57 Å². The summed E-state index contributed by atoms with van der Waals surface area (Å²) < 4.78 is 11.1. The number of nitrogens with zero attached hydrogens (tertiary/aromatic N) is 2. The molecule has 0 aliphatic carbocycles. The number of amides is 2. The third-order valence-corrected chi connectivity index (χ3v) is 7.29. The second kappa shape index (κ2) is 12.1. The fourth-order valence-electron chi connectivity index (χ4n) is 5.38. The maximum absolute atomic E-state index is 12.9. The van der Waals surface area contributed by atoms with Crippen LogP contribution in [0.5, 0.6) is 5.75 Å². The van der Waals surface area contributed by atoms with Crippen LogP contribution in [-0.4, -0.2) is 83.5 Å². The molecule has 1 saturated heterocycles. The first kappa shape index (κ1) is 27.2. The van der Waals surface area contributed by atoms with Gasteiger partial charge in [0.25, 0.3) is 0 Å². The molecule has 0 radical (unpaired) electrons. The number of esters is 1. The van der Waals surface area contributed by atoms with E-state index < -0.39 is 24.1 Å². The summed E-state index contributed by atoms with van der Waals surface area (Å²) >= 11 is 0. The molecule has 2 N–H and O–H groups in total. The zero-order chi connectivity index (χ0) is 27.2. The number of piperazine rings is 1. The number of carbonyl (C=O) groups is 3. The summed E-state index contributed by atoms with van der Waals surface area (Å²) in [5.41, 5.74) is 4.36. The predicted octanol–water partition coefficient (Wildman–Crippen LogP) is 3.14. The number of ether oxygens (including phenoxy) is 2. The highest BCUT2D eigenvalue weighted by Crippen LogP contribution is 2.38. The number of hydrogen-bond donors (Lipinski definition) is 2. The number of methoxy groups -OCH3 is 1. The van der Waals surface area contributed by atoms with Crippen molar-refractivity contribution in [2.24, 2.45) is 0 Å². The van der Waals surface area contributed by atoms with E-state index in [2.05, 4.69) is 0 Å². The Morgan fingerprint density at radius 2 is 1.79 bits per heavy atom. The second-order valence-corrected chi connectivity index (χ2v) is 9.66. The molecular formula is C29H34N2O7. The first-order valence-electron chi connectivity index (χ1n) is 12.8. The van der Waals surface area contributed by atoms with E-state index in [1.807, 2.05) is 36.4 Å². The third-order valence-electron chi connectivity index (χ3n) is 7.29. The summed E-state index contributed by atoms with van der Waals surface area (Å²) in [5, 5.41) is 19.2. The smallest absolute Gasteiger partial charge is 0.408 e. The lowest BCUT2D eigenvalue weighted by Crippen LogP contribution is -2.64. The number of hydrogen-bond acceptors (Lipinski definition) is 6. The van der Waals surface area contributed by atoms with E-state index in [-0.39, 0.29) is 32.1 Å². The van der Waals surface area contributed by atoms with Crippen LogP contribution in [-0.2, 0) is 27.2 Å². The van der Waals surface area contributed by atoms with Gasteiger partial charge in [0, 0.05) is 32.2 Å². The van der Waals surface area contributed by atoms with Gasteiger partial charge < -0.3 is 24.6 Å². The average molecular weight is 523 g/mol. The fourth-order valence-corrected chi connectivity index (χ4v) is 5.38. The summed E-state index contributed by atoms with van der Waals surface area (Å²) in [6.45, 7) is 2.04. The van der Waals surface area contributed by atoms with Crippen LogP contribution in [0.2, 0.25) is 0 Å². The Morgan fingerprint density at radius 1 is 1.05 bits per heavy atom. The number of para-hydroxylation sites is 1. The number of benzene rings is 2. The van der Waals surface area contributed by atoms with Gasteiger partial charge in [-0.1, -0.05) is 42.5 Å². The maximum atomic E-state index is 12.9. The number of carboxylic acid groups (broad SMARTS) is 1. The van der Waals surface area contributed by atoms with Gasteiger partial charge in [0.1, 0.15) is 12.4 Å². The van der Waals surface area contributed by atoms with Gasteiger partial charge in [-0.3, -0.25) is 14.5 Å². The van der Waals surface area contributed by atoms with Gasteiger partial charge in [0.15, 0.2) is 0 Å². The minimum atomic E-state index is -1.06. The second-order valence-electron chi connectivity index (χ2n) is 9.66. The van der Waals surface area contributed by atoms with Crippen LogP contribution in [0.3, 0.4) is 0 Å². The van der Waals surface area contributed by atoms with E-state index in [1.165, 1.54) is 11.8 Å². The standard InChI is InChI=1S/C29H34N2O7/c1-19(33)30-16-23-15-24(21-11-9-20(10-12-21)6-5-13-32)25(26(17-30)31(23)29(35)36)18-38-28(34)14-22-7-3-4-8-27(22)37-2/h3-4,7-12,23,26,32H,5-6,13-18H2,1-2H3,(H,35,36)/t23-,26-/m1/s1. The zero-order valence-electron chi connectivity index (χ0n) is 21.8. The van der Waals surface area contributed by atoms with E-state index in [0.717, 1.165) is 23.1 Å². The third kappa shape index (κ3) is 5.99.